The quantitative estimate of drug-likeness (QED) is 0.830. The minimum Gasteiger partial charge on any atom is -0.508 e. The van der Waals surface area contributed by atoms with E-state index >= 15 is 0 Å². The summed E-state index contributed by atoms with van der Waals surface area (Å²) < 4.78 is 13.7. The predicted molar refractivity (Wildman–Crippen MR) is 84.0 cm³/mol. The molecule has 0 spiro atoms. The molecule has 0 atom stereocenters. The van der Waals surface area contributed by atoms with Gasteiger partial charge in [-0.1, -0.05) is 6.07 Å². The van der Waals surface area contributed by atoms with Gasteiger partial charge in [0.15, 0.2) is 0 Å². The standard InChI is InChI=1S/C15H14BrFN2O2/c1-2-19(9-4-3-5-10(20)6-9)15(21)11-7-14(18)13(17)8-12(11)16/h3-8,20H,2,18H2,1H3. The minimum atomic E-state index is -0.584. The lowest BCUT2D eigenvalue weighted by molar-refractivity contribution is 0.0987. The van der Waals surface area contributed by atoms with E-state index in [0.717, 1.165) is 0 Å². The maximum Gasteiger partial charge on any atom is 0.259 e. The van der Waals surface area contributed by atoms with E-state index in [0.29, 0.717) is 16.7 Å². The number of hydrogen-bond donors (Lipinski definition) is 2. The molecule has 0 heterocycles. The van der Waals surface area contributed by atoms with Gasteiger partial charge in [0.25, 0.3) is 5.91 Å². The highest BCUT2D eigenvalue weighted by Crippen LogP contribution is 2.27. The summed E-state index contributed by atoms with van der Waals surface area (Å²) in [5.41, 5.74) is 6.25. The fourth-order valence-electron chi connectivity index (χ4n) is 1.98. The SMILES string of the molecule is CCN(C(=O)c1cc(N)c(F)cc1Br)c1cccc(O)c1. The van der Waals surface area contributed by atoms with Gasteiger partial charge in [-0.2, -0.15) is 0 Å². The topological polar surface area (TPSA) is 66.6 Å². The summed E-state index contributed by atoms with van der Waals surface area (Å²) >= 11 is 3.17. The zero-order chi connectivity index (χ0) is 15.6. The van der Waals surface area contributed by atoms with Crippen molar-refractivity contribution in [2.45, 2.75) is 6.92 Å². The number of nitrogens with two attached hydrogens (primary N) is 1. The van der Waals surface area contributed by atoms with Gasteiger partial charge in [-0.05, 0) is 47.1 Å². The summed E-state index contributed by atoms with van der Waals surface area (Å²) in [7, 11) is 0. The number of anilines is 2. The Labute approximate surface area is 130 Å². The van der Waals surface area contributed by atoms with E-state index in [1.165, 1.54) is 29.2 Å². The zero-order valence-electron chi connectivity index (χ0n) is 11.3. The van der Waals surface area contributed by atoms with Gasteiger partial charge >= 0.3 is 0 Å². The van der Waals surface area contributed by atoms with Crippen LogP contribution in [0.1, 0.15) is 17.3 Å². The monoisotopic (exact) mass is 352 g/mol. The second kappa shape index (κ2) is 6.13. The maximum atomic E-state index is 13.4. The molecule has 0 aliphatic heterocycles. The van der Waals surface area contributed by atoms with Crippen molar-refractivity contribution in [3.05, 3.63) is 52.3 Å². The summed E-state index contributed by atoms with van der Waals surface area (Å²) in [6.07, 6.45) is 0. The Bertz CT molecular complexity index is 691. The third kappa shape index (κ3) is 3.16. The molecule has 0 bridgehead atoms. The molecule has 0 aromatic heterocycles. The second-order valence-electron chi connectivity index (χ2n) is 4.42. The zero-order valence-corrected chi connectivity index (χ0v) is 12.9. The van der Waals surface area contributed by atoms with E-state index in [9.17, 15) is 14.3 Å². The second-order valence-corrected chi connectivity index (χ2v) is 5.28. The van der Waals surface area contributed by atoms with E-state index in [4.69, 9.17) is 5.73 Å². The average Bonchev–Trinajstić information content (AvgIpc) is 2.43. The molecule has 2 aromatic carbocycles. The molecule has 0 fully saturated rings. The van der Waals surface area contributed by atoms with Crippen LogP contribution >= 0.6 is 15.9 Å². The number of phenolic OH excluding ortho intramolecular Hbond substituents is 1. The molecule has 0 aliphatic carbocycles. The number of phenols is 1. The lowest BCUT2D eigenvalue weighted by Gasteiger charge is -2.22. The van der Waals surface area contributed by atoms with Gasteiger partial charge in [-0.3, -0.25) is 4.79 Å². The first kappa shape index (κ1) is 15.3. The van der Waals surface area contributed by atoms with Crippen LogP contribution in [-0.4, -0.2) is 17.6 Å². The molecule has 0 unspecified atom stereocenters. The highest BCUT2D eigenvalue weighted by atomic mass is 79.9. The lowest BCUT2D eigenvalue weighted by atomic mass is 10.1. The van der Waals surface area contributed by atoms with Crippen molar-refractivity contribution in [3.8, 4) is 5.75 Å². The predicted octanol–water partition coefficient (Wildman–Crippen LogP) is 3.54. The molecule has 1 amide bonds. The Morgan fingerprint density at radius 3 is 2.71 bits per heavy atom. The van der Waals surface area contributed by atoms with Crippen LogP contribution in [0.3, 0.4) is 0 Å². The van der Waals surface area contributed by atoms with Gasteiger partial charge in [-0.15, -0.1) is 0 Å². The number of amides is 1. The Balaban J connectivity index is 2.44. The minimum absolute atomic E-state index is 0.0661. The number of nitrogen functional groups attached to an aromatic ring is 1. The number of hydrogen-bond acceptors (Lipinski definition) is 3. The number of carbonyl (C=O) groups is 1. The lowest BCUT2D eigenvalue weighted by Crippen LogP contribution is -2.31. The molecule has 3 N–H and O–H groups in total. The van der Waals surface area contributed by atoms with Crippen molar-refractivity contribution < 1.29 is 14.3 Å². The summed E-state index contributed by atoms with van der Waals surface area (Å²) in [5.74, 6) is -0.850. The molecule has 21 heavy (non-hydrogen) atoms. The Morgan fingerprint density at radius 2 is 2.10 bits per heavy atom. The normalized spacial score (nSPS) is 10.4. The molecule has 0 aliphatic rings. The van der Waals surface area contributed by atoms with Crippen molar-refractivity contribution in [1.29, 1.82) is 0 Å². The Hall–Kier alpha value is -2.08. The number of aromatic hydroxyl groups is 1. The van der Waals surface area contributed by atoms with Gasteiger partial charge in [0.2, 0.25) is 0 Å². The van der Waals surface area contributed by atoms with Gasteiger partial charge in [0, 0.05) is 22.8 Å². The first-order valence-corrected chi connectivity index (χ1v) is 7.08. The van der Waals surface area contributed by atoms with E-state index in [-0.39, 0.29) is 22.9 Å². The van der Waals surface area contributed by atoms with Crippen LogP contribution in [0.5, 0.6) is 5.75 Å². The van der Waals surface area contributed by atoms with E-state index in [2.05, 4.69) is 15.9 Å². The van der Waals surface area contributed by atoms with Gasteiger partial charge in [-0.25, -0.2) is 4.39 Å². The van der Waals surface area contributed by atoms with Crippen LogP contribution < -0.4 is 10.6 Å². The van der Waals surface area contributed by atoms with E-state index < -0.39 is 5.82 Å². The summed E-state index contributed by atoms with van der Waals surface area (Å²) in [4.78, 5) is 14.1. The van der Waals surface area contributed by atoms with E-state index in [1.54, 1.807) is 12.1 Å². The summed E-state index contributed by atoms with van der Waals surface area (Å²) in [5, 5.41) is 9.53. The number of rotatable bonds is 3. The van der Waals surface area contributed by atoms with Crippen LogP contribution in [0, 0.1) is 5.82 Å². The fourth-order valence-corrected chi connectivity index (χ4v) is 2.46. The molecule has 110 valence electrons. The number of carbonyl (C=O) groups excluding carboxylic acids is 1. The van der Waals surface area contributed by atoms with Crippen molar-refractivity contribution in [2.24, 2.45) is 0 Å². The van der Waals surface area contributed by atoms with Crippen molar-refractivity contribution in [3.63, 3.8) is 0 Å². The van der Waals surface area contributed by atoms with Gasteiger partial charge < -0.3 is 15.7 Å². The first-order chi connectivity index (χ1) is 9.93. The van der Waals surface area contributed by atoms with Crippen LogP contribution in [0.4, 0.5) is 15.8 Å². The maximum absolute atomic E-state index is 13.4. The van der Waals surface area contributed by atoms with Crippen molar-refractivity contribution in [1.82, 2.24) is 0 Å². The first-order valence-electron chi connectivity index (χ1n) is 6.29. The highest BCUT2D eigenvalue weighted by molar-refractivity contribution is 9.10. The molecule has 2 aromatic rings. The molecular weight excluding hydrogens is 339 g/mol. The largest absolute Gasteiger partial charge is 0.508 e. The number of halogens is 2. The Kier molecular flexibility index (Phi) is 4.47. The van der Waals surface area contributed by atoms with Crippen molar-refractivity contribution >= 4 is 33.2 Å². The smallest absolute Gasteiger partial charge is 0.259 e. The van der Waals surface area contributed by atoms with Crippen LogP contribution in [-0.2, 0) is 0 Å². The summed E-state index contributed by atoms with van der Waals surface area (Å²) in [6.45, 7) is 2.20. The summed E-state index contributed by atoms with van der Waals surface area (Å²) in [6, 6.07) is 8.83. The average molecular weight is 353 g/mol. The van der Waals surface area contributed by atoms with Crippen molar-refractivity contribution in [2.75, 3.05) is 17.2 Å². The molecule has 6 heteroatoms. The highest BCUT2D eigenvalue weighted by Gasteiger charge is 2.20. The molecule has 4 nitrogen and oxygen atoms in total. The molecule has 0 radical (unpaired) electrons. The Morgan fingerprint density at radius 1 is 1.38 bits per heavy atom. The molecule has 0 saturated heterocycles. The van der Waals surface area contributed by atoms with Gasteiger partial charge in [0.05, 0.1) is 11.3 Å². The third-order valence-corrected chi connectivity index (χ3v) is 3.68. The van der Waals surface area contributed by atoms with E-state index in [1.807, 2.05) is 6.92 Å². The third-order valence-electron chi connectivity index (χ3n) is 3.02. The fraction of sp³-hybridized carbons (Fsp3) is 0.133. The van der Waals surface area contributed by atoms with Crippen LogP contribution in [0.15, 0.2) is 40.9 Å². The number of benzene rings is 2. The van der Waals surface area contributed by atoms with Crippen LogP contribution in [0.25, 0.3) is 0 Å². The number of nitrogens with zero attached hydrogens (tertiary/aromatic N) is 1. The van der Waals surface area contributed by atoms with Crippen LogP contribution in [0.2, 0.25) is 0 Å². The molecule has 2 rings (SSSR count). The molecule has 0 saturated carbocycles. The molecular formula is C15H14BrFN2O2. The van der Waals surface area contributed by atoms with Gasteiger partial charge in [0.1, 0.15) is 11.6 Å².